The Labute approximate surface area is 196 Å². The van der Waals surface area contributed by atoms with Gasteiger partial charge in [-0.05, 0) is 23.8 Å². The summed E-state index contributed by atoms with van der Waals surface area (Å²) >= 11 is 0. The second-order valence-corrected chi connectivity index (χ2v) is 8.34. The predicted molar refractivity (Wildman–Crippen MR) is 114 cm³/mol. The van der Waals surface area contributed by atoms with Crippen LogP contribution in [-0.2, 0) is 22.9 Å². The van der Waals surface area contributed by atoms with Gasteiger partial charge in [-0.1, -0.05) is 18.2 Å². The number of fused-ring (bicyclic) bond motifs is 5. The zero-order valence-corrected chi connectivity index (χ0v) is 18.2. The van der Waals surface area contributed by atoms with Crippen molar-refractivity contribution in [1.82, 2.24) is 5.32 Å². The van der Waals surface area contributed by atoms with Gasteiger partial charge in [0.05, 0.1) is 12.1 Å². The van der Waals surface area contributed by atoms with Gasteiger partial charge in [-0.15, -0.1) is 0 Å². The van der Waals surface area contributed by atoms with Crippen molar-refractivity contribution in [3.8, 4) is 17.2 Å². The van der Waals surface area contributed by atoms with E-state index >= 15 is 0 Å². The van der Waals surface area contributed by atoms with E-state index in [1.165, 1.54) is 11.9 Å². The largest absolute Gasteiger partial charge is 0.491 e. The van der Waals surface area contributed by atoms with Crippen LogP contribution < -0.4 is 24.4 Å². The van der Waals surface area contributed by atoms with Crippen molar-refractivity contribution >= 4 is 17.5 Å². The molecule has 2 aromatic carbocycles. The molecule has 0 fully saturated rings. The lowest BCUT2D eigenvalue weighted by atomic mass is 9.77. The number of nitrogens with one attached hydrogen (secondary N) is 1. The quantitative estimate of drug-likeness (QED) is 0.609. The molecule has 180 valence electrons. The Morgan fingerprint density at radius 3 is 2.54 bits per heavy atom. The predicted octanol–water partition coefficient (Wildman–Crippen LogP) is 3.61. The summed E-state index contributed by atoms with van der Waals surface area (Å²) in [6.45, 7) is -0.250. The van der Waals surface area contributed by atoms with E-state index in [2.05, 4.69) is 5.32 Å². The first-order chi connectivity index (χ1) is 16.7. The lowest BCUT2D eigenvalue weighted by molar-refractivity contribution is -0.153. The van der Waals surface area contributed by atoms with Crippen LogP contribution in [0.1, 0.15) is 33.0 Å². The number of ether oxygens (including phenoxy) is 3. The van der Waals surface area contributed by atoms with Gasteiger partial charge in [-0.2, -0.15) is 13.2 Å². The summed E-state index contributed by atoms with van der Waals surface area (Å²) in [6.07, 6.45) is -4.88. The number of halogens is 3. The number of nitrogens with zero attached hydrogens (tertiary/aromatic N) is 1. The Morgan fingerprint density at radius 1 is 1.06 bits per heavy atom. The van der Waals surface area contributed by atoms with E-state index in [1.807, 2.05) is 0 Å². The van der Waals surface area contributed by atoms with Crippen molar-refractivity contribution in [2.45, 2.75) is 18.1 Å². The second kappa shape index (κ2) is 7.17. The standard InChI is InChI=1S/C24H17F3N2O6/c1-28-21(30)13-6-12(35-20(13)24(25,26)27)9-29-16-5-3-2-4-14(16)23(22(29)31)10-32-17-8-19-18(7-15(17)23)33-11-34-19/h2-8H,9-11H2,1H3,(H,28,30). The van der Waals surface area contributed by atoms with Crippen molar-refractivity contribution in [2.24, 2.45) is 0 Å². The van der Waals surface area contributed by atoms with E-state index in [-0.39, 0.29) is 31.6 Å². The van der Waals surface area contributed by atoms with Crippen LogP contribution in [0.3, 0.4) is 0 Å². The number of hydrogen-bond donors (Lipinski definition) is 1. The van der Waals surface area contributed by atoms with Gasteiger partial charge in [0.25, 0.3) is 5.91 Å². The summed E-state index contributed by atoms with van der Waals surface area (Å²) in [5.74, 6) is -1.46. The minimum absolute atomic E-state index is 0.00696. The molecular formula is C24H17F3N2O6. The van der Waals surface area contributed by atoms with Crippen LogP contribution in [0.2, 0.25) is 0 Å². The first-order valence-electron chi connectivity index (χ1n) is 10.6. The van der Waals surface area contributed by atoms with E-state index in [4.69, 9.17) is 18.6 Å². The number of rotatable bonds is 3. The number of amides is 2. The molecule has 0 aliphatic carbocycles. The van der Waals surface area contributed by atoms with Crippen molar-refractivity contribution in [3.05, 3.63) is 70.7 Å². The van der Waals surface area contributed by atoms with Gasteiger partial charge >= 0.3 is 6.18 Å². The van der Waals surface area contributed by atoms with E-state index in [1.54, 1.807) is 36.4 Å². The number of alkyl halides is 3. The number of para-hydroxylation sites is 1. The number of carbonyl (C=O) groups excluding carboxylic acids is 2. The van der Waals surface area contributed by atoms with Gasteiger partial charge in [-0.25, -0.2) is 0 Å². The molecule has 0 saturated heterocycles. The molecule has 1 atom stereocenters. The molecule has 3 aliphatic rings. The summed E-state index contributed by atoms with van der Waals surface area (Å²) in [4.78, 5) is 27.4. The third-order valence-corrected chi connectivity index (χ3v) is 6.47. The van der Waals surface area contributed by atoms with Crippen LogP contribution >= 0.6 is 0 Å². The molecule has 0 saturated carbocycles. The molecule has 3 aromatic rings. The zero-order valence-electron chi connectivity index (χ0n) is 18.2. The Morgan fingerprint density at radius 2 is 1.80 bits per heavy atom. The fraction of sp³-hybridized carbons (Fsp3) is 0.250. The van der Waals surface area contributed by atoms with Gasteiger partial charge in [0.2, 0.25) is 18.5 Å². The molecule has 0 radical (unpaired) electrons. The average molecular weight is 486 g/mol. The van der Waals surface area contributed by atoms with Crippen LogP contribution in [0, 0.1) is 0 Å². The third kappa shape index (κ3) is 2.93. The highest BCUT2D eigenvalue weighted by Gasteiger charge is 2.57. The Bertz CT molecular complexity index is 1400. The summed E-state index contributed by atoms with van der Waals surface area (Å²) in [7, 11) is 1.22. The number of furan rings is 1. The smallest absolute Gasteiger partial charge is 0.450 e. The molecule has 11 heteroatoms. The van der Waals surface area contributed by atoms with Crippen molar-refractivity contribution < 1.29 is 41.4 Å². The molecule has 1 aromatic heterocycles. The maximum atomic E-state index is 14.0. The number of anilines is 1. The van der Waals surface area contributed by atoms with Gasteiger partial charge in [0, 0.05) is 24.4 Å². The first-order valence-corrected chi connectivity index (χ1v) is 10.6. The zero-order chi connectivity index (χ0) is 24.5. The lowest BCUT2D eigenvalue weighted by Gasteiger charge is -2.22. The topological polar surface area (TPSA) is 90.2 Å². The average Bonchev–Trinajstić information content (AvgIpc) is 3.60. The number of benzene rings is 2. The Balaban J connectivity index is 1.44. The molecule has 4 heterocycles. The van der Waals surface area contributed by atoms with E-state index in [0.717, 1.165) is 6.07 Å². The number of carbonyl (C=O) groups is 2. The van der Waals surface area contributed by atoms with Crippen LogP contribution in [0.5, 0.6) is 17.2 Å². The van der Waals surface area contributed by atoms with Crippen LogP contribution in [-0.4, -0.2) is 32.3 Å². The molecule has 1 N–H and O–H groups in total. The highest BCUT2D eigenvalue weighted by atomic mass is 19.4. The third-order valence-electron chi connectivity index (χ3n) is 6.47. The fourth-order valence-corrected chi connectivity index (χ4v) is 4.91. The molecular weight excluding hydrogens is 469 g/mol. The maximum Gasteiger partial charge on any atom is 0.450 e. The van der Waals surface area contributed by atoms with Crippen molar-refractivity contribution in [1.29, 1.82) is 0 Å². The molecule has 2 amide bonds. The minimum atomic E-state index is -4.88. The summed E-state index contributed by atoms with van der Waals surface area (Å²) < 4.78 is 62.4. The maximum absolute atomic E-state index is 14.0. The van der Waals surface area contributed by atoms with Gasteiger partial charge in [-0.3, -0.25) is 9.59 Å². The lowest BCUT2D eigenvalue weighted by Crippen LogP contribution is -2.42. The van der Waals surface area contributed by atoms with Crippen LogP contribution in [0.15, 0.2) is 46.9 Å². The first kappa shape index (κ1) is 21.4. The van der Waals surface area contributed by atoms with E-state index in [9.17, 15) is 22.8 Å². The highest BCUT2D eigenvalue weighted by Crippen LogP contribution is 2.55. The van der Waals surface area contributed by atoms with E-state index < -0.39 is 28.8 Å². The highest BCUT2D eigenvalue weighted by molar-refractivity contribution is 6.11. The molecule has 1 unspecified atom stereocenters. The van der Waals surface area contributed by atoms with Gasteiger partial charge in [0.1, 0.15) is 23.5 Å². The molecule has 3 aliphatic heterocycles. The summed E-state index contributed by atoms with van der Waals surface area (Å²) in [5, 5.41) is 2.18. The van der Waals surface area contributed by atoms with Gasteiger partial charge in [0.15, 0.2) is 11.5 Å². The van der Waals surface area contributed by atoms with Crippen LogP contribution in [0.25, 0.3) is 0 Å². The minimum Gasteiger partial charge on any atom is -0.491 e. The SMILES string of the molecule is CNC(=O)c1cc(CN2C(=O)C3(COc4cc5c(cc43)OCO5)c3ccccc32)oc1C(F)(F)F. The number of hydrogen-bond acceptors (Lipinski definition) is 6. The summed E-state index contributed by atoms with van der Waals surface area (Å²) in [5.41, 5.74) is -0.111. The Hall–Kier alpha value is -4.15. The monoisotopic (exact) mass is 486 g/mol. The van der Waals surface area contributed by atoms with Crippen molar-refractivity contribution in [3.63, 3.8) is 0 Å². The van der Waals surface area contributed by atoms with Crippen molar-refractivity contribution in [2.75, 3.05) is 25.3 Å². The molecule has 0 bridgehead atoms. The normalized spacial score (nSPS) is 19.7. The summed E-state index contributed by atoms with van der Waals surface area (Å²) in [6, 6.07) is 11.4. The second-order valence-electron chi connectivity index (χ2n) is 8.34. The Kier molecular flexibility index (Phi) is 4.38. The fourth-order valence-electron chi connectivity index (χ4n) is 4.91. The molecule has 35 heavy (non-hydrogen) atoms. The molecule has 8 nitrogen and oxygen atoms in total. The molecule has 6 rings (SSSR count). The van der Waals surface area contributed by atoms with E-state index in [0.29, 0.717) is 34.1 Å². The molecule has 1 spiro atoms. The van der Waals surface area contributed by atoms with Crippen LogP contribution in [0.4, 0.5) is 18.9 Å². The van der Waals surface area contributed by atoms with Gasteiger partial charge < -0.3 is 28.8 Å².